The summed E-state index contributed by atoms with van der Waals surface area (Å²) in [6, 6.07) is 13.2. The molecule has 0 spiro atoms. The molecule has 0 unspecified atom stereocenters. The smallest absolute Gasteiger partial charge is 0.259 e. The zero-order valence-corrected chi connectivity index (χ0v) is 16.7. The molecule has 0 atom stereocenters. The Bertz CT molecular complexity index is 980. The number of piperidine rings is 1. The predicted octanol–water partition coefficient (Wildman–Crippen LogP) is 2.95. The van der Waals surface area contributed by atoms with Gasteiger partial charge in [-0.2, -0.15) is 0 Å². The van der Waals surface area contributed by atoms with Crippen LogP contribution in [0.15, 0.2) is 65.6 Å². The molecule has 4 rings (SSSR count). The second-order valence-electron chi connectivity index (χ2n) is 7.51. The lowest BCUT2D eigenvalue weighted by molar-refractivity contribution is -0.120. The van der Waals surface area contributed by atoms with Gasteiger partial charge in [-0.3, -0.25) is 14.6 Å². The van der Waals surface area contributed by atoms with E-state index in [1.54, 1.807) is 12.4 Å². The predicted molar refractivity (Wildman–Crippen MR) is 112 cm³/mol. The lowest BCUT2D eigenvalue weighted by atomic mass is 9.96. The number of carbonyl (C=O) groups is 2. The Morgan fingerprint density at radius 2 is 1.87 bits per heavy atom. The molecule has 1 aromatic carbocycles. The number of hydrogen-bond acceptors (Lipinski definition) is 5. The molecule has 1 fully saturated rings. The third-order valence-electron chi connectivity index (χ3n) is 5.41. The molecule has 0 aliphatic carbocycles. The van der Waals surface area contributed by atoms with Gasteiger partial charge in [0.05, 0.1) is 12.6 Å². The highest BCUT2D eigenvalue weighted by molar-refractivity contribution is 5.99. The van der Waals surface area contributed by atoms with Gasteiger partial charge in [0.15, 0.2) is 5.76 Å². The van der Waals surface area contributed by atoms with Gasteiger partial charge >= 0.3 is 0 Å². The van der Waals surface area contributed by atoms with Crippen LogP contribution in [0, 0.1) is 5.92 Å². The maximum Gasteiger partial charge on any atom is 0.259 e. The number of carbonyl (C=O) groups excluding carboxylic acids is 2. The van der Waals surface area contributed by atoms with Gasteiger partial charge in [0, 0.05) is 37.6 Å². The molecular weight excluding hydrogens is 380 g/mol. The van der Waals surface area contributed by atoms with E-state index in [-0.39, 0.29) is 11.8 Å². The number of nitrogens with zero attached hydrogens (tertiary/aromatic N) is 3. The minimum Gasteiger partial charge on any atom is -0.356 e. The SMILES string of the molecule is O=C(Cc1cccnc1)NCC1CCN(C(=O)c2cnoc2-c2ccccc2)CC1. The molecule has 2 amide bonds. The maximum atomic E-state index is 13.0. The fourth-order valence-corrected chi connectivity index (χ4v) is 3.71. The molecule has 0 saturated carbocycles. The van der Waals surface area contributed by atoms with E-state index in [1.165, 1.54) is 6.20 Å². The summed E-state index contributed by atoms with van der Waals surface area (Å²) in [6.45, 7) is 1.94. The van der Waals surface area contributed by atoms with Gasteiger partial charge in [-0.15, -0.1) is 0 Å². The van der Waals surface area contributed by atoms with Crippen LogP contribution in [0.25, 0.3) is 11.3 Å². The molecule has 3 aromatic rings. The van der Waals surface area contributed by atoms with Crippen molar-refractivity contribution in [3.05, 3.63) is 72.2 Å². The van der Waals surface area contributed by atoms with E-state index in [9.17, 15) is 9.59 Å². The van der Waals surface area contributed by atoms with Crippen LogP contribution in [-0.4, -0.2) is 46.5 Å². The van der Waals surface area contributed by atoms with Crippen molar-refractivity contribution in [3.63, 3.8) is 0 Å². The molecule has 30 heavy (non-hydrogen) atoms. The van der Waals surface area contributed by atoms with Crippen molar-refractivity contribution in [3.8, 4) is 11.3 Å². The van der Waals surface area contributed by atoms with Crippen molar-refractivity contribution >= 4 is 11.8 Å². The molecule has 0 bridgehead atoms. The summed E-state index contributed by atoms with van der Waals surface area (Å²) >= 11 is 0. The highest BCUT2D eigenvalue weighted by Crippen LogP contribution is 2.26. The van der Waals surface area contributed by atoms with Crippen LogP contribution in [0.3, 0.4) is 0 Å². The molecule has 1 saturated heterocycles. The summed E-state index contributed by atoms with van der Waals surface area (Å²) in [7, 11) is 0. The fraction of sp³-hybridized carbons (Fsp3) is 0.304. The van der Waals surface area contributed by atoms with Crippen LogP contribution in [-0.2, 0) is 11.2 Å². The van der Waals surface area contributed by atoms with Gasteiger partial charge in [-0.1, -0.05) is 41.6 Å². The van der Waals surface area contributed by atoms with Gasteiger partial charge in [-0.05, 0) is 30.4 Å². The third-order valence-corrected chi connectivity index (χ3v) is 5.41. The second-order valence-corrected chi connectivity index (χ2v) is 7.51. The number of hydrogen-bond donors (Lipinski definition) is 1. The van der Waals surface area contributed by atoms with E-state index >= 15 is 0 Å². The number of amides is 2. The summed E-state index contributed by atoms with van der Waals surface area (Å²) in [5.41, 5.74) is 2.23. The van der Waals surface area contributed by atoms with Crippen molar-refractivity contribution in [1.82, 2.24) is 20.4 Å². The molecule has 1 N–H and O–H groups in total. The summed E-state index contributed by atoms with van der Waals surface area (Å²) in [5, 5.41) is 6.85. The summed E-state index contributed by atoms with van der Waals surface area (Å²) in [4.78, 5) is 31.0. The second kappa shape index (κ2) is 9.35. The number of pyridine rings is 1. The van der Waals surface area contributed by atoms with E-state index < -0.39 is 0 Å². The van der Waals surface area contributed by atoms with Gasteiger partial charge < -0.3 is 14.7 Å². The molecule has 3 heterocycles. The molecule has 1 aliphatic heterocycles. The molecule has 1 aliphatic rings. The molecule has 7 heteroatoms. The highest BCUT2D eigenvalue weighted by Gasteiger charge is 2.27. The van der Waals surface area contributed by atoms with Crippen LogP contribution < -0.4 is 5.32 Å². The van der Waals surface area contributed by atoms with Crippen molar-refractivity contribution in [2.45, 2.75) is 19.3 Å². The van der Waals surface area contributed by atoms with E-state index in [4.69, 9.17) is 4.52 Å². The maximum absolute atomic E-state index is 13.0. The van der Waals surface area contributed by atoms with Crippen LogP contribution in [0.2, 0.25) is 0 Å². The Kier molecular flexibility index (Phi) is 6.17. The summed E-state index contributed by atoms with van der Waals surface area (Å²) < 4.78 is 5.35. The van der Waals surface area contributed by atoms with E-state index in [0.717, 1.165) is 24.0 Å². The minimum atomic E-state index is -0.0610. The number of benzene rings is 1. The van der Waals surface area contributed by atoms with Gasteiger partial charge in [0.25, 0.3) is 5.91 Å². The normalized spacial score (nSPS) is 14.5. The number of likely N-dealkylation sites (tertiary alicyclic amines) is 1. The first-order valence-corrected chi connectivity index (χ1v) is 10.2. The van der Waals surface area contributed by atoms with Gasteiger partial charge in [0.2, 0.25) is 5.91 Å². The number of nitrogens with one attached hydrogen (secondary N) is 1. The first-order chi connectivity index (χ1) is 14.7. The standard InChI is InChI=1S/C23H24N4O3/c28-21(13-18-5-4-10-24-14-18)25-15-17-8-11-27(12-9-17)23(29)20-16-26-30-22(20)19-6-2-1-3-7-19/h1-7,10,14,16-17H,8-9,11-13,15H2,(H,25,28). The van der Waals surface area contributed by atoms with Crippen molar-refractivity contribution in [2.75, 3.05) is 19.6 Å². The third kappa shape index (κ3) is 4.74. The zero-order valence-electron chi connectivity index (χ0n) is 16.7. The van der Waals surface area contributed by atoms with Crippen LogP contribution in [0.5, 0.6) is 0 Å². The van der Waals surface area contributed by atoms with Crippen molar-refractivity contribution in [1.29, 1.82) is 0 Å². The molecular formula is C23H24N4O3. The average Bonchev–Trinajstić information content (AvgIpc) is 3.29. The Hall–Kier alpha value is -3.48. The Balaban J connectivity index is 1.27. The van der Waals surface area contributed by atoms with Gasteiger partial charge in [-0.25, -0.2) is 0 Å². The monoisotopic (exact) mass is 404 g/mol. The number of rotatable bonds is 6. The van der Waals surface area contributed by atoms with Crippen LogP contribution in [0.1, 0.15) is 28.8 Å². The van der Waals surface area contributed by atoms with E-state index in [2.05, 4.69) is 15.5 Å². The average molecular weight is 404 g/mol. The van der Waals surface area contributed by atoms with Crippen molar-refractivity contribution in [2.24, 2.45) is 5.92 Å². The summed E-state index contributed by atoms with van der Waals surface area (Å²) in [5.74, 6) is 0.806. The molecule has 154 valence electrons. The Labute approximate surface area is 175 Å². The van der Waals surface area contributed by atoms with Crippen molar-refractivity contribution < 1.29 is 14.1 Å². The van der Waals surface area contributed by atoms with E-state index in [1.807, 2.05) is 47.4 Å². The molecule has 2 aromatic heterocycles. The first kappa shape index (κ1) is 19.8. The van der Waals surface area contributed by atoms with Crippen LogP contribution >= 0.6 is 0 Å². The van der Waals surface area contributed by atoms with Crippen LogP contribution in [0.4, 0.5) is 0 Å². The lowest BCUT2D eigenvalue weighted by Gasteiger charge is -2.32. The highest BCUT2D eigenvalue weighted by atomic mass is 16.5. The van der Waals surface area contributed by atoms with Gasteiger partial charge in [0.1, 0.15) is 5.56 Å². The molecule has 7 nitrogen and oxygen atoms in total. The number of aromatic nitrogens is 2. The van der Waals surface area contributed by atoms with E-state index in [0.29, 0.717) is 43.3 Å². The largest absolute Gasteiger partial charge is 0.356 e. The molecule has 0 radical (unpaired) electrons. The summed E-state index contributed by atoms with van der Waals surface area (Å²) in [6.07, 6.45) is 6.93. The zero-order chi connectivity index (χ0) is 20.8. The Morgan fingerprint density at radius 1 is 1.07 bits per heavy atom. The first-order valence-electron chi connectivity index (χ1n) is 10.2. The lowest BCUT2D eigenvalue weighted by Crippen LogP contribution is -2.41. The Morgan fingerprint density at radius 3 is 2.60 bits per heavy atom. The fourth-order valence-electron chi connectivity index (χ4n) is 3.71. The minimum absolute atomic E-state index is 0.00141. The quantitative estimate of drug-likeness (QED) is 0.682. The topological polar surface area (TPSA) is 88.3 Å².